The summed E-state index contributed by atoms with van der Waals surface area (Å²) in [5.74, 6) is -19.7. The average Bonchev–Trinajstić information content (AvgIpc) is 1.64. The van der Waals surface area contributed by atoms with Gasteiger partial charge in [-0.15, -0.1) is 0 Å². The Morgan fingerprint density at radius 3 is 0.771 bits per heavy atom. The van der Waals surface area contributed by atoms with Crippen molar-refractivity contribution in [3.63, 3.8) is 0 Å². The van der Waals surface area contributed by atoms with Gasteiger partial charge in [0, 0.05) is 72.2 Å². The first-order chi connectivity index (χ1) is 56.5. The van der Waals surface area contributed by atoms with E-state index in [2.05, 4.69) is 20.9 Å². The van der Waals surface area contributed by atoms with Gasteiger partial charge >= 0.3 is 17.8 Å². The molecule has 0 saturated carbocycles. The molecular weight excluding hydrogens is 1550 g/mol. The Balaban J connectivity index is 0.000000157. The molecule has 4 fully saturated rings. The van der Waals surface area contributed by atoms with Crippen LogP contribution in [0.2, 0.25) is 0 Å². The van der Waals surface area contributed by atoms with Gasteiger partial charge < -0.3 is 80.7 Å². The number of benzene rings is 7. The van der Waals surface area contributed by atoms with Crippen LogP contribution in [0.1, 0.15) is 131 Å². The highest BCUT2D eigenvalue weighted by Crippen LogP contribution is 2.42. The summed E-state index contributed by atoms with van der Waals surface area (Å²) in [5, 5.41) is 50.2. The fraction of sp³-hybridized carbons (Fsp3) is 0.494. The Morgan fingerprint density at radius 1 is 0.356 bits per heavy atom. The van der Waals surface area contributed by atoms with Crippen LogP contribution in [0, 0.1) is 41.0 Å². The first-order valence-corrected chi connectivity index (χ1v) is 40.5. The Labute approximate surface area is 682 Å². The lowest BCUT2D eigenvalue weighted by Gasteiger charge is -2.31. The van der Waals surface area contributed by atoms with Crippen LogP contribution >= 0.6 is 0 Å². The number of hydrogen-bond acceptors (Lipinski definition) is 16. The standard InChI is InChI=1S/3C25H29F3N2O3.C14H21FN2O2/c3*1-33-19-8-9-21(26)20(14-19)23(31)22(15-30-10-4-5-11-30)29-24(32)25(27,28)18-12-16-6-2-3-7-17(16)13-18;1-19-10-4-5-12(15)11(8-10)14(18)13(16)9-17-6-2-3-7-17/h3*2-3,6-9,14,18,22-23,31H,4-5,10-13,15H2,1H3,(H,29,32);4-5,8,13-14,18H,2-3,6-7,9,16H2,1H3/t22-,23?;22-,23+;22-,23-;13-,14?/m1111/s1. The van der Waals surface area contributed by atoms with Gasteiger partial charge in [0.15, 0.2) is 0 Å². The van der Waals surface area contributed by atoms with Gasteiger partial charge in [-0.05, 0) is 248 Å². The number of methoxy groups -OCH3 is 4. The molecule has 0 aromatic heterocycles. The van der Waals surface area contributed by atoms with Gasteiger partial charge in [0.05, 0.1) is 52.7 Å². The smallest absolute Gasteiger partial charge is 0.327 e. The van der Waals surface area contributed by atoms with Crippen molar-refractivity contribution in [1.82, 2.24) is 35.6 Å². The van der Waals surface area contributed by atoms with E-state index in [-0.39, 0.29) is 80.4 Å². The van der Waals surface area contributed by atoms with E-state index in [4.69, 9.17) is 24.7 Å². The second-order valence-electron chi connectivity index (χ2n) is 31.8. The lowest BCUT2D eigenvalue weighted by atomic mass is 9.95. The van der Waals surface area contributed by atoms with Crippen molar-refractivity contribution in [2.75, 3.05) is 107 Å². The first-order valence-electron chi connectivity index (χ1n) is 40.5. The summed E-state index contributed by atoms with van der Waals surface area (Å²) in [6, 6.07) is 33.7. The van der Waals surface area contributed by atoms with Crippen LogP contribution in [-0.4, -0.2) is 207 Å². The van der Waals surface area contributed by atoms with E-state index in [9.17, 15) is 52.4 Å². The minimum Gasteiger partial charge on any atom is -0.497 e. The molecular formula is C89H108F10N8O11. The Kier molecular flexibility index (Phi) is 31.2. The summed E-state index contributed by atoms with van der Waals surface area (Å²) in [7, 11) is 5.74. The minimum atomic E-state index is -3.63. The minimum absolute atomic E-state index is 0.101. The maximum atomic E-state index is 15.2. The number of fused-ring (bicyclic) bond motifs is 3. The van der Waals surface area contributed by atoms with Crippen molar-refractivity contribution in [1.29, 1.82) is 0 Å². The van der Waals surface area contributed by atoms with Crippen LogP contribution in [0.4, 0.5) is 43.9 Å². The van der Waals surface area contributed by atoms with Crippen molar-refractivity contribution in [3.8, 4) is 23.0 Å². The number of nitrogens with two attached hydrogens (primary N) is 1. The molecule has 2 unspecified atom stereocenters. The highest BCUT2D eigenvalue weighted by Gasteiger charge is 2.53. The monoisotopic (exact) mass is 1650 g/mol. The molecule has 4 aliphatic heterocycles. The van der Waals surface area contributed by atoms with Crippen molar-refractivity contribution < 1.29 is 97.7 Å². The quantitative estimate of drug-likeness (QED) is 0.0203. The zero-order valence-electron chi connectivity index (χ0n) is 66.9. The van der Waals surface area contributed by atoms with Gasteiger partial charge in [-0.1, -0.05) is 72.8 Å². The molecule has 7 aromatic rings. The summed E-state index contributed by atoms with van der Waals surface area (Å²) in [5.41, 5.74) is 10.8. The van der Waals surface area contributed by atoms with E-state index in [0.29, 0.717) is 29.5 Å². The average molecular weight is 1660 g/mol. The molecule has 9 N–H and O–H groups in total. The van der Waals surface area contributed by atoms with Gasteiger partial charge in [-0.2, -0.15) is 26.3 Å². The maximum Gasteiger partial charge on any atom is 0.327 e. The molecule has 19 nitrogen and oxygen atoms in total. The number of nitrogens with one attached hydrogen (secondary N) is 3. The van der Waals surface area contributed by atoms with Crippen molar-refractivity contribution >= 4 is 17.7 Å². The highest BCUT2D eigenvalue weighted by molar-refractivity contribution is 5.85. The third-order valence-electron chi connectivity index (χ3n) is 23.8. The Morgan fingerprint density at radius 2 is 0.559 bits per heavy atom. The molecule has 3 aliphatic carbocycles. The summed E-state index contributed by atoms with van der Waals surface area (Å²) < 4.78 is 169. The number of amides is 3. The molecule has 0 radical (unpaired) electrons. The number of likely N-dealkylation sites (tertiary alicyclic amines) is 4. The third kappa shape index (κ3) is 22.4. The van der Waals surface area contributed by atoms with Crippen LogP contribution in [0.25, 0.3) is 0 Å². The molecule has 0 spiro atoms. The Hall–Kier alpha value is -8.91. The highest BCUT2D eigenvalue weighted by atomic mass is 19.3. The first kappa shape index (κ1) is 89.9. The number of carbonyl (C=O) groups is 3. The van der Waals surface area contributed by atoms with E-state index >= 15 is 26.3 Å². The van der Waals surface area contributed by atoms with E-state index in [0.717, 1.165) is 155 Å². The number of aliphatic hydroxyl groups is 4. The number of ether oxygens (including phenoxy) is 4. The van der Waals surface area contributed by atoms with Crippen LogP contribution < -0.4 is 40.6 Å². The van der Waals surface area contributed by atoms with Gasteiger partial charge in [0.1, 0.15) is 64.6 Å². The fourth-order valence-corrected chi connectivity index (χ4v) is 16.9. The number of nitrogens with zero attached hydrogens (tertiary/aromatic N) is 4. The molecule has 118 heavy (non-hydrogen) atoms. The number of rotatable bonds is 29. The molecule has 640 valence electrons. The fourth-order valence-electron chi connectivity index (χ4n) is 16.9. The second-order valence-corrected chi connectivity index (χ2v) is 31.8. The summed E-state index contributed by atoms with van der Waals surface area (Å²) in [6.07, 6.45) is 3.11. The van der Waals surface area contributed by atoms with Crippen LogP contribution in [0.15, 0.2) is 146 Å². The molecule has 3 amide bonds. The van der Waals surface area contributed by atoms with Gasteiger partial charge in [-0.25, -0.2) is 17.6 Å². The molecule has 29 heteroatoms. The van der Waals surface area contributed by atoms with E-state index in [1.807, 2.05) is 14.7 Å². The van der Waals surface area contributed by atoms with E-state index < -0.39 is 125 Å². The largest absolute Gasteiger partial charge is 0.497 e. The predicted molar refractivity (Wildman–Crippen MR) is 425 cm³/mol. The normalized spacial score (nSPS) is 18.8. The number of aliphatic hydroxyl groups excluding tert-OH is 4. The van der Waals surface area contributed by atoms with Crippen molar-refractivity contribution in [3.05, 3.63) is 224 Å². The van der Waals surface area contributed by atoms with E-state index in [1.165, 1.54) is 83.0 Å². The Bertz CT molecular complexity index is 4040. The SMILES string of the molecule is COc1ccc(F)c(C(O)[C@@H](CN2CCCC2)NC(=O)C(F)(F)C2Cc3ccccc3C2)c1.COc1ccc(F)c(C(O)[C@H](N)CN2CCCC2)c1.COc1ccc(F)c([C@@H](O)[C@@H](CN2CCCC2)NC(=O)C(F)(F)C2Cc3ccccc3C2)c1.COc1ccc(F)c([C@H](O)[C@@H](CN2CCCC2)NC(=O)C(F)(F)C2Cc3ccccc3C2)c1. The van der Waals surface area contributed by atoms with Crippen LogP contribution in [0.3, 0.4) is 0 Å². The van der Waals surface area contributed by atoms with Crippen LogP contribution in [-0.2, 0) is 52.9 Å². The number of carbonyl (C=O) groups excluding carboxylic acids is 3. The molecule has 8 atom stereocenters. The molecule has 0 bridgehead atoms. The zero-order chi connectivity index (χ0) is 84.6. The third-order valence-corrected chi connectivity index (χ3v) is 23.8. The second kappa shape index (κ2) is 40.9. The molecule has 7 aliphatic rings. The topological polar surface area (TPSA) is 244 Å². The molecule has 4 saturated heterocycles. The van der Waals surface area contributed by atoms with Crippen LogP contribution in [0.5, 0.6) is 23.0 Å². The summed E-state index contributed by atoms with van der Waals surface area (Å²) >= 11 is 0. The lowest BCUT2D eigenvalue weighted by Crippen LogP contribution is -2.54. The lowest BCUT2D eigenvalue weighted by molar-refractivity contribution is -0.155. The summed E-state index contributed by atoms with van der Waals surface area (Å²) in [4.78, 5) is 46.6. The van der Waals surface area contributed by atoms with E-state index in [1.54, 1.807) is 72.8 Å². The van der Waals surface area contributed by atoms with Crippen molar-refractivity contribution in [2.24, 2.45) is 23.5 Å². The zero-order valence-corrected chi connectivity index (χ0v) is 66.9. The van der Waals surface area contributed by atoms with Crippen molar-refractivity contribution in [2.45, 2.75) is 156 Å². The number of alkyl halides is 6. The van der Waals surface area contributed by atoms with Gasteiger partial charge in [0.25, 0.3) is 17.7 Å². The molecule has 14 rings (SSSR count). The molecule has 7 aromatic carbocycles. The number of halogens is 10. The summed E-state index contributed by atoms with van der Waals surface area (Å²) in [6.45, 7) is 7.39. The van der Waals surface area contributed by atoms with Gasteiger partial charge in [-0.3, -0.25) is 14.4 Å². The molecule has 4 heterocycles. The van der Waals surface area contributed by atoms with Gasteiger partial charge in [0.2, 0.25) is 0 Å². The maximum absolute atomic E-state index is 15.2. The number of hydrogen-bond donors (Lipinski definition) is 8. The predicted octanol–water partition coefficient (Wildman–Crippen LogP) is 11.8.